The van der Waals surface area contributed by atoms with Crippen molar-refractivity contribution in [2.24, 2.45) is 0 Å². The minimum atomic E-state index is -0.236. The first-order valence-corrected chi connectivity index (χ1v) is 4.32. The number of rotatable bonds is 1. The van der Waals surface area contributed by atoms with Gasteiger partial charge in [-0.1, -0.05) is 0 Å². The molecule has 2 N–H and O–H groups in total. The summed E-state index contributed by atoms with van der Waals surface area (Å²) in [5.41, 5.74) is 0.689. The highest BCUT2D eigenvalue weighted by Gasteiger charge is 2.13. The maximum atomic E-state index is 11.6. The van der Waals surface area contributed by atoms with Crippen LogP contribution in [0.2, 0.25) is 0 Å². The summed E-state index contributed by atoms with van der Waals surface area (Å²) >= 11 is 0. The van der Waals surface area contributed by atoms with E-state index in [4.69, 9.17) is 4.42 Å². The Morgan fingerprint density at radius 2 is 2.33 bits per heavy atom. The van der Waals surface area contributed by atoms with E-state index in [1.807, 2.05) is 0 Å². The van der Waals surface area contributed by atoms with Crippen LogP contribution in [0.3, 0.4) is 0 Å². The van der Waals surface area contributed by atoms with Gasteiger partial charge in [0.05, 0.1) is 12.6 Å². The predicted octanol–water partition coefficient (Wildman–Crippen LogP) is 0.906. The molecule has 0 unspecified atom stereocenters. The fourth-order valence-electron chi connectivity index (χ4n) is 1.46. The Bertz CT molecular complexity index is 650. The van der Waals surface area contributed by atoms with Crippen molar-refractivity contribution in [3.8, 4) is 11.5 Å². The highest BCUT2D eigenvalue weighted by atomic mass is 16.3. The zero-order chi connectivity index (χ0) is 10.3. The van der Waals surface area contributed by atoms with Crippen LogP contribution in [-0.4, -0.2) is 20.2 Å². The minimum Gasteiger partial charge on any atom is -0.463 e. The zero-order valence-electron chi connectivity index (χ0n) is 7.52. The van der Waals surface area contributed by atoms with Crippen molar-refractivity contribution in [3.05, 3.63) is 35.1 Å². The summed E-state index contributed by atoms with van der Waals surface area (Å²) in [6.07, 6.45) is 2.85. The van der Waals surface area contributed by atoms with E-state index in [0.717, 1.165) is 0 Å². The van der Waals surface area contributed by atoms with Crippen molar-refractivity contribution in [2.45, 2.75) is 0 Å². The number of hydrogen-bond acceptors (Lipinski definition) is 4. The van der Waals surface area contributed by atoms with E-state index in [2.05, 4.69) is 20.2 Å². The molecule has 0 amide bonds. The molecule has 6 nitrogen and oxygen atoms in total. The number of hydrogen-bond donors (Lipinski definition) is 2. The molecule has 0 radical (unpaired) electrons. The Kier molecular flexibility index (Phi) is 1.49. The van der Waals surface area contributed by atoms with Crippen molar-refractivity contribution in [3.63, 3.8) is 0 Å². The van der Waals surface area contributed by atoms with Gasteiger partial charge in [0.25, 0.3) is 5.56 Å². The van der Waals surface area contributed by atoms with Crippen LogP contribution in [0.15, 0.2) is 33.9 Å². The highest BCUT2D eigenvalue weighted by Crippen LogP contribution is 2.22. The fraction of sp³-hybridized carbons (Fsp3) is 0. The summed E-state index contributed by atoms with van der Waals surface area (Å²) in [6.45, 7) is 0. The first-order chi connectivity index (χ1) is 7.36. The number of aromatic nitrogens is 4. The molecule has 15 heavy (non-hydrogen) atoms. The second-order valence-electron chi connectivity index (χ2n) is 3.01. The Morgan fingerprint density at radius 1 is 1.40 bits per heavy atom. The second-order valence-corrected chi connectivity index (χ2v) is 3.01. The van der Waals surface area contributed by atoms with Gasteiger partial charge in [0.15, 0.2) is 11.4 Å². The van der Waals surface area contributed by atoms with Crippen LogP contribution in [0.25, 0.3) is 22.5 Å². The van der Waals surface area contributed by atoms with E-state index in [1.54, 1.807) is 12.1 Å². The first-order valence-electron chi connectivity index (χ1n) is 4.32. The lowest BCUT2D eigenvalue weighted by atomic mass is 10.2. The number of fused-ring (bicyclic) bond motifs is 1. The molecule has 0 aliphatic carbocycles. The molecule has 3 rings (SSSR count). The van der Waals surface area contributed by atoms with Crippen LogP contribution in [0.4, 0.5) is 0 Å². The SMILES string of the molecule is O=c1[nH]cnc2n[nH]c(-c3ccco3)c12. The van der Waals surface area contributed by atoms with E-state index in [9.17, 15) is 4.79 Å². The minimum absolute atomic E-state index is 0.236. The van der Waals surface area contributed by atoms with Gasteiger partial charge in [-0.15, -0.1) is 0 Å². The van der Waals surface area contributed by atoms with Gasteiger partial charge in [-0.3, -0.25) is 9.89 Å². The van der Waals surface area contributed by atoms with Crippen LogP contribution in [-0.2, 0) is 0 Å². The van der Waals surface area contributed by atoms with Gasteiger partial charge in [0.2, 0.25) is 0 Å². The van der Waals surface area contributed by atoms with E-state index in [-0.39, 0.29) is 5.56 Å². The van der Waals surface area contributed by atoms with Crippen molar-refractivity contribution in [2.75, 3.05) is 0 Å². The zero-order valence-corrected chi connectivity index (χ0v) is 7.52. The summed E-state index contributed by atoms with van der Waals surface area (Å²) in [5.74, 6) is 0.566. The molecular weight excluding hydrogens is 196 g/mol. The Labute approximate surface area is 83.0 Å². The molecular formula is C9H6N4O2. The third kappa shape index (κ3) is 1.08. The summed E-state index contributed by atoms with van der Waals surface area (Å²) in [4.78, 5) is 18.0. The third-order valence-corrected chi connectivity index (χ3v) is 2.12. The Hall–Kier alpha value is -2.37. The molecule has 0 aliphatic rings. The lowest BCUT2D eigenvalue weighted by Crippen LogP contribution is -2.05. The molecule has 0 spiro atoms. The van der Waals surface area contributed by atoms with Gasteiger partial charge < -0.3 is 9.40 Å². The Morgan fingerprint density at radius 3 is 3.13 bits per heavy atom. The molecule has 0 saturated carbocycles. The van der Waals surface area contributed by atoms with Crippen molar-refractivity contribution in [1.29, 1.82) is 0 Å². The van der Waals surface area contributed by atoms with Gasteiger partial charge in [-0.2, -0.15) is 5.10 Å². The van der Waals surface area contributed by atoms with Crippen LogP contribution in [0, 0.1) is 0 Å². The number of H-pyrrole nitrogens is 2. The topological polar surface area (TPSA) is 87.6 Å². The number of furan rings is 1. The molecule has 6 heteroatoms. The summed E-state index contributed by atoms with van der Waals surface area (Å²) in [6, 6.07) is 3.49. The van der Waals surface area contributed by atoms with Gasteiger partial charge in [0, 0.05) is 0 Å². The first kappa shape index (κ1) is 7.98. The molecule has 0 bridgehead atoms. The van der Waals surface area contributed by atoms with Gasteiger partial charge >= 0.3 is 0 Å². The number of nitrogens with zero attached hydrogens (tertiary/aromatic N) is 2. The van der Waals surface area contributed by atoms with Crippen molar-refractivity contribution >= 4 is 11.0 Å². The smallest absolute Gasteiger partial charge is 0.262 e. The number of aromatic amines is 2. The van der Waals surface area contributed by atoms with E-state index < -0.39 is 0 Å². The predicted molar refractivity (Wildman–Crippen MR) is 52.2 cm³/mol. The van der Waals surface area contributed by atoms with Crippen LogP contribution >= 0.6 is 0 Å². The van der Waals surface area contributed by atoms with E-state index in [0.29, 0.717) is 22.5 Å². The number of nitrogens with one attached hydrogen (secondary N) is 2. The van der Waals surface area contributed by atoms with Crippen LogP contribution in [0.1, 0.15) is 0 Å². The summed E-state index contributed by atoms with van der Waals surface area (Å²) < 4.78 is 5.19. The molecule has 74 valence electrons. The maximum Gasteiger partial charge on any atom is 0.262 e. The maximum absolute atomic E-state index is 11.6. The molecule has 3 aromatic rings. The summed E-state index contributed by atoms with van der Waals surface area (Å²) in [5, 5.41) is 7.06. The molecule has 0 atom stereocenters. The molecule has 0 saturated heterocycles. The van der Waals surface area contributed by atoms with E-state index in [1.165, 1.54) is 12.6 Å². The molecule has 3 aromatic heterocycles. The Balaban J connectivity index is 2.43. The largest absolute Gasteiger partial charge is 0.463 e. The van der Waals surface area contributed by atoms with Crippen molar-refractivity contribution < 1.29 is 4.42 Å². The summed E-state index contributed by atoms with van der Waals surface area (Å²) in [7, 11) is 0. The fourth-order valence-corrected chi connectivity index (χ4v) is 1.46. The van der Waals surface area contributed by atoms with E-state index >= 15 is 0 Å². The molecule has 0 aromatic carbocycles. The normalized spacial score (nSPS) is 10.9. The monoisotopic (exact) mass is 202 g/mol. The van der Waals surface area contributed by atoms with Crippen LogP contribution in [0.5, 0.6) is 0 Å². The average Bonchev–Trinajstić information content (AvgIpc) is 2.85. The highest BCUT2D eigenvalue weighted by molar-refractivity contribution is 5.88. The lowest BCUT2D eigenvalue weighted by molar-refractivity contribution is 0.580. The van der Waals surface area contributed by atoms with Gasteiger partial charge in [-0.25, -0.2) is 4.98 Å². The third-order valence-electron chi connectivity index (χ3n) is 2.12. The average molecular weight is 202 g/mol. The lowest BCUT2D eigenvalue weighted by Gasteiger charge is -1.90. The molecule has 0 fully saturated rings. The van der Waals surface area contributed by atoms with Gasteiger partial charge in [0.1, 0.15) is 11.1 Å². The standard InChI is InChI=1S/C9H6N4O2/c14-9-6-7(5-2-1-3-15-5)12-13-8(6)10-4-11-9/h1-4H,(H2,10,11,12,13,14). The van der Waals surface area contributed by atoms with Gasteiger partial charge in [-0.05, 0) is 12.1 Å². The quantitative estimate of drug-likeness (QED) is 0.613. The second kappa shape index (κ2) is 2.81. The van der Waals surface area contributed by atoms with Crippen LogP contribution < -0.4 is 5.56 Å². The van der Waals surface area contributed by atoms with Crippen molar-refractivity contribution in [1.82, 2.24) is 20.2 Å². The molecule has 3 heterocycles. The molecule has 0 aliphatic heterocycles.